The molecule has 1 amide bonds. The van der Waals surface area contributed by atoms with E-state index >= 15 is 0 Å². The van der Waals surface area contributed by atoms with Crippen molar-refractivity contribution in [2.24, 2.45) is 0 Å². The van der Waals surface area contributed by atoms with Gasteiger partial charge in [0.15, 0.2) is 0 Å². The molecule has 2 aromatic rings. The Morgan fingerprint density at radius 1 is 1.12 bits per heavy atom. The molecule has 0 aromatic heterocycles. The van der Waals surface area contributed by atoms with Crippen LogP contribution < -0.4 is 0 Å². The minimum Gasteiger partial charge on any atom is -0.459 e. The fourth-order valence-electron chi connectivity index (χ4n) is 2.55. The van der Waals surface area contributed by atoms with E-state index in [9.17, 15) is 9.59 Å². The number of carbonyl (C=O) groups excluding carboxylic acids is 2. The lowest BCUT2D eigenvalue weighted by atomic mass is 10.1. The van der Waals surface area contributed by atoms with Gasteiger partial charge in [0.1, 0.15) is 12.6 Å². The molecule has 1 atom stereocenters. The highest BCUT2D eigenvalue weighted by Gasteiger charge is 2.28. The fourth-order valence-corrected chi connectivity index (χ4v) is 2.78. The zero-order chi connectivity index (χ0) is 18.2. The summed E-state index contributed by atoms with van der Waals surface area (Å²) in [4.78, 5) is 27.4. The Labute approximate surface area is 154 Å². The molecule has 132 valence electrons. The molecule has 2 rings (SSSR count). The molecule has 5 heteroatoms. The average Bonchev–Trinajstić information content (AvgIpc) is 2.64. The van der Waals surface area contributed by atoms with E-state index in [1.165, 1.54) is 4.90 Å². The predicted molar refractivity (Wildman–Crippen MR) is 101 cm³/mol. The van der Waals surface area contributed by atoms with Gasteiger partial charge in [0, 0.05) is 17.5 Å². The number of thiol groups is 1. The molecule has 2 aromatic carbocycles. The largest absolute Gasteiger partial charge is 0.459 e. The van der Waals surface area contributed by atoms with Crippen molar-refractivity contribution >= 4 is 24.5 Å². The number of amides is 1. The summed E-state index contributed by atoms with van der Waals surface area (Å²) in [5.41, 5.74) is 1.43. The van der Waals surface area contributed by atoms with E-state index in [1.807, 2.05) is 37.3 Å². The van der Waals surface area contributed by atoms with E-state index in [0.29, 0.717) is 16.9 Å². The molecule has 0 aliphatic rings. The Morgan fingerprint density at radius 2 is 1.84 bits per heavy atom. The smallest absolute Gasteiger partial charge is 0.329 e. The molecule has 0 saturated carbocycles. The highest BCUT2D eigenvalue weighted by molar-refractivity contribution is 7.80. The third-order valence-corrected chi connectivity index (χ3v) is 4.22. The monoisotopic (exact) mass is 357 g/mol. The fraction of sp³-hybridized carbons (Fsp3) is 0.300. The van der Waals surface area contributed by atoms with Crippen LogP contribution in [0, 0.1) is 0 Å². The number of nitrogens with zero attached hydrogens (tertiary/aromatic N) is 1. The summed E-state index contributed by atoms with van der Waals surface area (Å²) < 4.78 is 5.43. The minimum absolute atomic E-state index is 0.202. The summed E-state index contributed by atoms with van der Waals surface area (Å²) in [6.07, 6.45) is 1.33. The van der Waals surface area contributed by atoms with Crippen molar-refractivity contribution in [3.05, 3.63) is 65.7 Å². The lowest BCUT2D eigenvalue weighted by molar-refractivity contribution is -0.150. The van der Waals surface area contributed by atoms with E-state index < -0.39 is 6.04 Å². The first kappa shape index (κ1) is 19.1. The lowest BCUT2D eigenvalue weighted by Crippen LogP contribution is -2.43. The first-order valence-corrected chi connectivity index (χ1v) is 8.74. The van der Waals surface area contributed by atoms with Gasteiger partial charge in [-0.25, -0.2) is 4.79 Å². The summed E-state index contributed by atoms with van der Waals surface area (Å²) in [5.74, 6) is -0.602. The molecule has 25 heavy (non-hydrogen) atoms. The Hall–Kier alpha value is -2.27. The molecule has 0 bridgehead atoms. The molecule has 4 nitrogen and oxygen atoms in total. The Bertz CT molecular complexity index is 718. The quantitative estimate of drug-likeness (QED) is 0.603. The van der Waals surface area contributed by atoms with Crippen LogP contribution in [-0.4, -0.2) is 29.9 Å². The number of likely N-dealkylation sites (N-methyl/N-ethyl adjacent to an activating group) is 1. The van der Waals surface area contributed by atoms with Gasteiger partial charge in [-0.1, -0.05) is 49.7 Å². The summed E-state index contributed by atoms with van der Waals surface area (Å²) in [6, 6.07) is 15.9. The van der Waals surface area contributed by atoms with Gasteiger partial charge in [-0.3, -0.25) is 4.79 Å². The number of carbonyl (C=O) groups is 2. The van der Waals surface area contributed by atoms with Gasteiger partial charge in [-0.05, 0) is 30.2 Å². The van der Waals surface area contributed by atoms with Crippen LogP contribution in [-0.2, 0) is 16.1 Å². The Morgan fingerprint density at radius 3 is 2.48 bits per heavy atom. The van der Waals surface area contributed by atoms with Crippen LogP contribution in [0.2, 0.25) is 0 Å². The number of ether oxygens (including phenoxy) is 1. The second-order valence-corrected chi connectivity index (χ2v) is 6.38. The Balaban J connectivity index is 2.07. The van der Waals surface area contributed by atoms with Crippen LogP contribution in [0.1, 0.15) is 35.7 Å². The van der Waals surface area contributed by atoms with Crippen LogP contribution in [0.25, 0.3) is 0 Å². The van der Waals surface area contributed by atoms with Crippen LogP contribution in [0.15, 0.2) is 59.5 Å². The minimum atomic E-state index is -0.607. The van der Waals surface area contributed by atoms with Crippen LogP contribution in [0.5, 0.6) is 0 Å². The van der Waals surface area contributed by atoms with Crippen molar-refractivity contribution in [3.8, 4) is 0 Å². The summed E-state index contributed by atoms with van der Waals surface area (Å²) >= 11 is 4.26. The average molecular weight is 357 g/mol. The highest BCUT2D eigenvalue weighted by atomic mass is 32.1. The van der Waals surface area contributed by atoms with Crippen molar-refractivity contribution in [2.45, 2.75) is 37.3 Å². The molecule has 0 aliphatic heterocycles. The van der Waals surface area contributed by atoms with Crippen LogP contribution in [0.4, 0.5) is 0 Å². The van der Waals surface area contributed by atoms with Gasteiger partial charge < -0.3 is 9.64 Å². The van der Waals surface area contributed by atoms with Crippen LogP contribution >= 0.6 is 12.6 Å². The first-order chi connectivity index (χ1) is 12.0. The number of benzene rings is 2. The summed E-state index contributed by atoms with van der Waals surface area (Å²) in [6.45, 7) is 2.18. The van der Waals surface area contributed by atoms with E-state index in [0.717, 1.165) is 12.0 Å². The molecule has 0 fully saturated rings. The molecule has 0 spiro atoms. The third-order valence-electron chi connectivity index (χ3n) is 3.94. The molecular formula is C20H23NO3S. The molecule has 0 heterocycles. The van der Waals surface area contributed by atoms with Crippen molar-refractivity contribution in [1.29, 1.82) is 0 Å². The summed E-state index contributed by atoms with van der Waals surface area (Å²) in [7, 11) is 1.64. The highest BCUT2D eigenvalue weighted by Crippen LogP contribution is 2.15. The van der Waals surface area contributed by atoms with Gasteiger partial charge in [0.25, 0.3) is 5.91 Å². The molecule has 0 N–H and O–H groups in total. The van der Waals surface area contributed by atoms with Crippen LogP contribution in [0.3, 0.4) is 0 Å². The molecule has 0 unspecified atom stereocenters. The van der Waals surface area contributed by atoms with Gasteiger partial charge in [-0.15, -0.1) is 12.6 Å². The number of rotatable bonds is 7. The number of esters is 1. The van der Waals surface area contributed by atoms with E-state index in [1.54, 1.807) is 31.3 Å². The molecule has 0 saturated heterocycles. The van der Waals surface area contributed by atoms with Crippen molar-refractivity contribution in [1.82, 2.24) is 4.90 Å². The van der Waals surface area contributed by atoms with E-state index in [-0.39, 0.29) is 18.5 Å². The predicted octanol–water partition coefficient (Wildman–Crippen LogP) is 3.96. The second kappa shape index (κ2) is 9.28. The number of hydrogen-bond acceptors (Lipinski definition) is 4. The normalized spacial score (nSPS) is 11.6. The standard InChI is InChI=1S/C20H23NO3S/c1-3-8-18(20(23)24-14-15-9-5-4-6-10-15)21(2)19(22)16-11-7-12-17(25)13-16/h4-7,9-13,18,25H,3,8,14H2,1-2H3/t18-/m0/s1. The van der Waals surface area contributed by atoms with E-state index in [2.05, 4.69) is 12.6 Å². The van der Waals surface area contributed by atoms with E-state index in [4.69, 9.17) is 4.74 Å². The topological polar surface area (TPSA) is 46.6 Å². The summed E-state index contributed by atoms with van der Waals surface area (Å²) in [5, 5.41) is 0. The zero-order valence-electron chi connectivity index (χ0n) is 14.5. The lowest BCUT2D eigenvalue weighted by Gasteiger charge is -2.26. The Kier molecular flexibility index (Phi) is 7.07. The SMILES string of the molecule is CCC[C@@H](C(=O)OCc1ccccc1)N(C)C(=O)c1cccc(S)c1. The van der Waals surface area contributed by atoms with Gasteiger partial charge in [0.05, 0.1) is 0 Å². The third kappa shape index (κ3) is 5.36. The van der Waals surface area contributed by atoms with Crippen molar-refractivity contribution in [3.63, 3.8) is 0 Å². The first-order valence-electron chi connectivity index (χ1n) is 8.29. The van der Waals surface area contributed by atoms with Crippen molar-refractivity contribution in [2.75, 3.05) is 7.05 Å². The second-order valence-electron chi connectivity index (χ2n) is 5.86. The molecular weight excluding hydrogens is 334 g/mol. The van der Waals surface area contributed by atoms with Gasteiger partial charge >= 0.3 is 5.97 Å². The molecule has 0 radical (unpaired) electrons. The maximum atomic E-state index is 12.7. The molecule has 0 aliphatic carbocycles. The van der Waals surface area contributed by atoms with Crippen molar-refractivity contribution < 1.29 is 14.3 Å². The maximum Gasteiger partial charge on any atom is 0.329 e. The number of hydrogen-bond donors (Lipinski definition) is 1. The van der Waals surface area contributed by atoms with Gasteiger partial charge in [-0.2, -0.15) is 0 Å². The zero-order valence-corrected chi connectivity index (χ0v) is 15.4. The maximum absolute atomic E-state index is 12.7. The van der Waals surface area contributed by atoms with Gasteiger partial charge in [0.2, 0.25) is 0 Å².